The van der Waals surface area contributed by atoms with Gasteiger partial charge in [0, 0.05) is 26.3 Å². The van der Waals surface area contributed by atoms with Gasteiger partial charge in [0.2, 0.25) is 5.91 Å². The fraction of sp³-hybridized carbons (Fsp3) is 0.368. The molecule has 2 heterocycles. The van der Waals surface area contributed by atoms with E-state index in [-0.39, 0.29) is 11.9 Å². The Morgan fingerprint density at radius 2 is 1.96 bits per heavy atom. The quantitative estimate of drug-likeness (QED) is 0.870. The third-order valence-electron chi connectivity index (χ3n) is 4.57. The zero-order chi connectivity index (χ0) is 16.2. The molecule has 0 aliphatic carbocycles. The molecular weight excluding hydrogens is 286 g/mol. The summed E-state index contributed by atoms with van der Waals surface area (Å²) < 4.78 is 0. The van der Waals surface area contributed by atoms with E-state index in [1.54, 1.807) is 11.1 Å². The highest BCUT2D eigenvalue weighted by molar-refractivity contribution is 5.81. The molecule has 0 fully saturated rings. The van der Waals surface area contributed by atoms with Gasteiger partial charge in [0.05, 0.1) is 18.3 Å². The number of fused-ring (bicyclic) bond motifs is 1. The first-order valence-electron chi connectivity index (χ1n) is 8.11. The van der Waals surface area contributed by atoms with Gasteiger partial charge in [-0.05, 0) is 36.6 Å². The molecule has 3 rings (SSSR count). The second-order valence-electron chi connectivity index (χ2n) is 6.18. The van der Waals surface area contributed by atoms with E-state index in [1.807, 2.05) is 32.2 Å². The van der Waals surface area contributed by atoms with Gasteiger partial charge >= 0.3 is 0 Å². The monoisotopic (exact) mass is 309 g/mol. The molecule has 1 aromatic carbocycles. The summed E-state index contributed by atoms with van der Waals surface area (Å²) in [6, 6.07) is 14.2. The van der Waals surface area contributed by atoms with Gasteiger partial charge < -0.3 is 4.90 Å². The lowest BCUT2D eigenvalue weighted by Crippen LogP contribution is -2.47. The Morgan fingerprint density at radius 1 is 1.22 bits per heavy atom. The standard InChI is InChI=1S/C19H23N3O/c1-15(19(23)21(2)14-18-9-5-6-11-20-18)22-12-10-16-7-3-4-8-17(16)13-22/h3-9,11,15H,10,12-14H2,1-2H3/t15-/m0/s1. The van der Waals surface area contributed by atoms with Gasteiger partial charge in [-0.25, -0.2) is 0 Å². The Bertz CT molecular complexity index is 671. The smallest absolute Gasteiger partial charge is 0.239 e. The number of rotatable bonds is 4. The fourth-order valence-electron chi connectivity index (χ4n) is 3.14. The summed E-state index contributed by atoms with van der Waals surface area (Å²) in [7, 11) is 1.85. The van der Waals surface area contributed by atoms with Crippen LogP contribution < -0.4 is 0 Å². The molecule has 2 aromatic rings. The Morgan fingerprint density at radius 3 is 2.70 bits per heavy atom. The van der Waals surface area contributed by atoms with E-state index in [1.165, 1.54) is 11.1 Å². The maximum absolute atomic E-state index is 12.7. The van der Waals surface area contributed by atoms with E-state index < -0.39 is 0 Å². The van der Waals surface area contributed by atoms with Crippen LogP contribution in [0.3, 0.4) is 0 Å². The summed E-state index contributed by atoms with van der Waals surface area (Å²) in [5.41, 5.74) is 3.66. The summed E-state index contributed by atoms with van der Waals surface area (Å²) in [6.07, 6.45) is 2.77. The van der Waals surface area contributed by atoms with Gasteiger partial charge in [0.15, 0.2) is 0 Å². The second kappa shape index (κ2) is 6.92. The molecule has 0 radical (unpaired) electrons. The molecule has 23 heavy (non-hydrogen) atoms. The van der Waals surface area contributed by atoms with Crippen molar-refractivity contribution in [3.8, 4) is 0 Å². The normalized spacial score (nSPS) is 15.7. The Labute approximate surface area is 137 Å². The summed E-state index contributed by atoms with van der Waals surface area (Å²) in [5.74, 6) is 0.148. The van der Waals surface area contributed by atoms with Crippen LogP contribution in [0.1, 0.15) is 23.7 Å². The average Bonchev–Trinajstić information content (AvgIpc) is 2.61. The lowest BCUT2D eigenvalue weighted by Gasteiger charge is -2.34. The van der Waals surface area contributed by atoms with Crippen molar-refractivity contribution in [2.45, 2.75) is 32.5 Å². The number of hydrogen-bond acceptors (Lipinski definition) is 3. The minimum Gasteiger partial charge on any atom is -0.339 e. The first-order valence-corrected chi connectivity index (χ1v) is 8.11. The highest BCUT2D eigenvalue weighted by atomic mass is 16.2. The number of carbonyl (C=O) groups excluding carboxylic acids is 1. The van der Waals surface area contributed by atoms with Gasteiger partial charge in [-0.1, -0.05) is 30.3 Å². The third kappa shape index (κ3) is 3.59. The lowest BCUT2D eigenvalue weighted by molar-refractivity contribution is -0.136. The highest BCUT2D eigenvalue weighted by Crippen LogP contribution is 2.21. The Balaban J connectivity index is 1.63. The van der Waals surface area contributed by atoms with Crippen LogP contribution in [0.5, 0.6) is 0 Å². The van der Waals surface area contributed by atoms with E-state index in [0.29, 0.717) is 6.54 Å². The molecular formula is C19H23N3O. The van der Waals surface area contributed by atoms with Crippen LogP contribution in [-0.4, -0.2) is 40.3 Å². The molecule has 0 bridgehead atoms. The summed E-state index contributed by atoms with van der Waals surface area (Å²) in [4.78, 5) is 21.0. The van der Waals surface area contributed by atoms with Crippen molar-refractivity contribution in [1.29, 1.82) is 0 Å². The predicted octanol–water partition coefficient (Wildman–Crippen LogP) is 2.49. The maximum Gasteiger partial charge on any atom is 0.239 e. The summed E-state index contributed by atoms with van der Waals surface area (Å²) >= 11 is 0. The largest absolute Gasteiger partial charge is 0.339 e. The van der Waals surface area contributed by atoms with E-state index >= 15 is 0 Å². The zero-order valence-corrected chi connectivity index (χ0v) is 13.8. The molecule has 0 saturated carbocycles. The van der Waals surface area contributed by atoms with Crippen molar-refractivity contribution < 1.29 is 4.79 Å². The molecule has 1 aliphatic heterocycles. The van der Waals surface area contributed by atoms with Crippen LogP contribution in [0.15, 0.2) is 48.7 Å². The lowest BCUT2D eigenvalue weighted by atomic mass is 9.98. The first kappa shape index (κ1) is 15.7. The maximum atomic E-state index is 12.7. The molecule has 0 N–H and O–H groups in total. The molecule has 120 valence electrons. The van der Waals surface area contributed by atoms with Crippen LogP contribution in [0.2, 0.25) is 0 Å². The van der Waals surface area contributed by atoms with E-state index in [4.69, 9.17) is 0 Å². The number of nitrogens with zero attached hydrogens (tertiary/aromatic N) is 3. The number of aromatic nitrogens is 1. The number of amides is 1. The number of pyridine rings is 1. The van der Waals surface area contributed by atoms with Gasteiger partial charge in [0.1, 0.15) is 0 Å². The van der Waals surface area contributed by atoms with Crippen LogP contribution in [0.25, 0.3) is 0 Å². The first-order chi connectivity index (χ1) is 11.1. The number of hydrogen-bond donors (Lipinski definition) is 0. The Kier molecular flexibility index (Phi) is 4.72. The van der Waals surface area contributed by atoms with Crippen LogP contribution in [-0.2, 0) is 24.3 Å². The average molecular weight is 309 g/mol. The second-order valence-corrected chi connectivity index (χ2v) is 6.18. The molecule has 1 aromatic heterocycles. The molecule has 1 amide bonds. The number of benzene rings is 1. The minimum atomic E-state index is -0.114. The SMILES string of the molecule is C[C@@H](C(=O)N(C)Cc1ccccn1)N1CCc2ccccc2C1. The van der Waals surface area contributed by atoms with E-state index in [2.05, 4.69) is 34.1 Å². The van der Waals surface area contributed by atoms with Crippen molar-refractivity contribution in [1.82, 2.24) is 14.8 Å². The van der Waals surface area contributed by atoms with Crippen molar-refractivity contribution in [2.75, 3.05) is 13.6 Å². The van der Waals surface area contributed by atoms with Gasteiger partial charge in [-0.2, -0.15) is 0 Å². The van der Waals surface area contributed by atoms with Gasteiger partial charge in [-0.3, -0.25) is 14.7 Å². The summed E-state index contributed by atoms with van der Waals surface area (Å²) in [6.45, 7) is 4.33. The minimum absolute atomic E-state index is 0.114. The molecule has 0 spiro atoms. The van der Waals surface area contributed by atoms with Crippen LogP contribution in [0, 0.1) is 0 Å². The van der Waals surface area contributed by atoms with Crippen molar-refractivity contribution in [2.24, 2.45) is 0 Å². The van der Waals surface area contributed by atoms with Crippen molar-refractivity contribution in [3.05, 3.63) is 65.5 Å². The summed E-state index contributed by atoms with van der Waals surface area (Å²) in [5, 5.41) is 0. The van der Waals surface area contributed by atoms with Gasteiger partial charge in [-0.15, -0.1) is 0 Å². The molecule has 1 atom stereocenters. The topological polar surface area (TPSA) is 36.4 Å². The fourth-order valence-corrected chi connectivity index (χ4v) is 3.14. The van der Waals surface area contributed by atoms with E-state index in [9.17, 15) is 4.79 Å². The van der Waals surface area contributed by atoms with Crippen molar-refractivity contribution >= 4 is 5.91 Å². The van der Waals surface area contributed by atoms with E-state index in [0.717, 1.165) is 25.2 Å². The van der Waals surface area contributed by atoms with Crippen molar-refractivity contribution in [3.63, 3.8) is 0 Å². The molecule has 0 saturated heterocycles. The molecule has 4 heteroatoms. The third-order valence-corrected chi connectivity index (χ3v) is 4.57. The van der Waals surface area contributed by atoms with Crippen LogP contribution >= 0.6 is 0 Å². The van der Waals surface area contributed by atoms with Gasteiger partial charge in [0.25, 0.3) is 0 Å². The predicted molar refractivity (Wildman–Crippen MR) is 90.7 cm³/mol. The Hall–Kier alpha value is -2.20. The number of carbonyl (C=O) groups is 1. The highest BCUT2D eigenvalue weighted by Gasteiger charge is 2.27. The molecule has 0 unspecified atom stereocenters. The van der Waals surface area contributed by atoms with Crippen LogP contribution in [0.4, 0.5) is 0 Å². The molecule has 4 nitrogen and oxygen atoms in total. The zero-order valence-electron chi connectivity index (χ0n) is 13.8. The molecule has 1 aliphatic rings. The number of likely N-dealkylation sites (N-methyl/N-ethyl adjacent to an activating group) is 1.